The van der Waals surface area contributed by atoms with Crippen LogP contribution in [-0.2, 0) is 19.5 Å². The third-order valence-electron chi connectivity index (χ3n) is 4.81. The van der Waals surface area contributed by atoms with Gasteiger partial charge in [0.25, 0.3) is 5.91 Å². The van der Waals surface area contributed by atoms with Gasteiger partial charge < -0.3 is 4.90 Å². The van der Waals surface area contributed by atoms with Crippen molar-refractivity contribution in [2.24, 2.45) is 0 Å². The van der Waals surface area contributed by atoms with E-state index in [2.05, 4.69) is 20.1 Å². The van der Waals surface area contributed by atoms with Gasteiger partial charge in [-0.15, -0.1) is 0 Å². The smallest absolute Gasteiger partial charge is 0.254 e. The van der Waals surface area contributed by atoms with Gasteiger partial charge in [-0.05, 0) is 44.5 Å². The molecule has 0 spiro atoms. The minimum Gasteiger partial charge on any atom is -0.332 e. The molecule has 0 aliphatic carbocycles. The number of pyridine rings is 1. The van der Waals surface area contributed by atoms with E-state index in [4.69, 9.17) is 0 Å². The number of H-pyrrole nitrogens is 1. The molecule has 1 fully saturated rings. The van der Waals surface area contributed by atoms with Crippen LogP contribution in [0.15, 0.2) is 24.5 Å². The summed E-state index contributed by atoms with van der Waals surface area (Å²) in [5, 5.41) is 7.67. The highest BCUT2D eigenvalue weighted by Crippen LogP contribution is 2.23. The normalized spacial score (nSPS) is 18.2. The highest BCUT2D eigenvalue weighted by Gasteiger charge is 2.26. The molecular weight excluding hydrogens is 290 g/mol. The molecule has 6 heteroatoms. The lowest BCUT2D eigenvalue weighted by molar-refractivity contribution is 0.0732. The quantitative estimate of drug-likeness (QED) is 0.935. The molecule has 1 saturated heterocycles. The number of carbonyl (C=O) groups is 1. The summed E-state index contributed by atoms with van der Waals surface area (Å²) < 4.78 is 0. The van der Waals surface area contributed by atoms with Crippen LogP contribution < -0.4 is 0 Å². The number of hydrogen-bond donors (Lipinski definition) is 1. The standard InChI is InChI=1S/C17H21N5O/c23-17(13-3-6-18-7-4-13)22-10-5-14-15(19-20-16(14)12-22)11-21-8-1-2-9-21/h3-4,6-7H,1-2,5,8-12H2,(H,19,20). The molecule has 23 heavy (non-hydrogen) atoms. The Hall–Kier alpha value is -2.21. The van der Waals surface area contributed by atoms with Crippen LogP contribution in [0.4, 0.5) is 0 Å². The number of rotatable bonds is 3. The number of hydrogen-bond acceptors (Lipinski definition) is 4. The zero-order valence-corrected chi connectivity index (χ0v) is 13.2. The summed E-state index contributed by atoms with van der Waals surface area (Å²) in [4.78, 5) is 20.9. The van der Waals surface area contributed by atoms with Crippen molar-refractivity contribution < 1.29 is 4.79 Å². The number of fused-ring (bicyclic) bond motifs is 1. The number of aromatic amines is 1. The van der Waals surface area contributed by atoms with Gasteiger partial charge in [-0.3, -0.25) is 19.8 Å². The molecule has 6 nitrogen and oxygen atoms in total. The van der Waals surface area contributed by atoms with Crippen molar-refractivity contribution >= 4 is 5.91 Å². The molecule has 4 heterocycles. The van der Waals surface area contributed by atoms with Gasteiger partial charge in [-0.25, -0.2) is 0 Å². The predicted molar refractivity (Wildman–Crippen MR) is 85.8 cm³/mol. The van der Waals surface area contributed by atoms with E-state index < -0.39 is 0 Å². The molecule has 0 atom stereocenters. The van der Waals surface area contributed by atoms with E-state index in [9.17, 15) is 4.79 Å². The van der Waals surface area contributed by atoms with Crippen LogP contribution in [0.3, 0.4) is 0 Å². The summed E-state index contributed by atoms with van der Waals surface area (Å²) in [5.74, 6) is 0.0637. The Labute approximate surface area is 135 Å². The molecular formula is C17H21N5O. The third kappa shape index (κ3) is 2.86. The fourth-order valence-electron chi connectivity index (χ4n) is 3.52. The van der Waals surface area contributed by atoms with Crippen molar-refractivity contribution in [3.8, 4) is 0 Å². The number of likely N-dealkylation sites (tertiary alicyclic amines) is 1. The number of nitrogens with zero attached hydrogens (tertiary/aromatic N) is 4. The predicted octanol–water partition coefficient (Wildman–Crippen LogP) is 1.60. The Morgan fingerprint density at radius 3 is 2.74 bits per heavy atom. The lowest BCUT2D eigenvalue weighted by Gasteiger charge is -2.27. The average Bonchev–Trinajstić information content (AvgIpc) is 3.25. The molecule has 0 aromatic carbocycles. The van der Waals surface area contributed by atoms with E-state index >= 15 is 0 Å². The average molecular weight is 311 g/mol. The number of nitrogens with one attached hydrogen (secondary N) is 1. The van der Waals surface area contributed by atoms with E-state index in [0.717, 1.165) is 30.9 Å². The molecule has 4 rings (SSSR count). The summed E-state index contributed by atoms with van der Waals surface area (Å²) in [6, 6.07) is 3.53. The van der Waals surface area contributed by atoms with E-state index in [-0.39, 0.29) is 5.91 Å². The molecule has 2 aromatic rings. The number of amides is 1. The van der Waals surface area contributed by atoms with Gasteiger partial charge in [0, 0.05) is 36.6 Å². The summed E-state index contributed by atoms with van der Waals surface area (Å²) in [6.07, 6.45) is 6.79. The van der Waals surface area contributed by atoms with Crippen LogP contribution in [0.25, 0.3) is 0 Å². The van der Waals surface area contributed by atoms with Crippen LogP contribution in [0.2, 0.25) is 0 Å². The van der Waals surface area contributed by atoms with E-state index in [1.54, 1.807) is 24.5 Å². The molecule has 0 saturated carbocycles. The zero-order chi connectivity index (χ0) is 15.6. The Morgan fingerprint density at radius 1 is 1.17 bits per heavy atom. The Morgan fingerprint density at radius 2 is 1.96 bits per heavy atom. The fraction of sp³-hybridized carbons (Fsp3) is 0.471. The van der Waals surface area contributed by atoms with Crippen LogP contribution >= 0.6 is 0 Å². The van der Waals surface area contributed by atoms with Crippen LogP contribution in [0, 0.1) is 0 Å². The van der Waals surface area contributed by atoms with Gasteiger partial charge >= 0.3 is 0 Å². The Bertz CT molecular complexity index is 690. The summed E-state index contributed by atoms with van der Waals surface area (Å²) in [5.41, 5.74) is 4.27. The van der Waals surface area contributed by atoms with E-state index in [1.165, 1.54) is 31.5 Å². The Kier molecular flexibility index (Phi) is 3.83. The highest BCUT2D eigenvalue weighted by atomic mass is 16.2. The fourth-order valence-corrected chi connectivity index (χ4v) is 3.52. The molecule has 2 aliphatic rings. The topological polar surface area (TPSA) is 65.1 Å². The first-order chi connectivity index (χ1) is 11.3. The third-order valence-corrected chi connectivity index (χ3v) is 4.81. The molecule has 120 valence electrons. The number of carbonyl (C=O) groups excluding carboxylic acids is 1. The van der Waals surface area contributed by atoms with E-state index in [0.29, 0.717) is 12.1 Å². The molecule has 2 aliphatic heterocycles. The molecule has 0 unspecified atom stereocenters. The van der Waals surface area contributed by atoms with Crippen molar-refractivity contribution in [2.75, 3.05) is 19.6 Å². The molecule has 1 N–H and O–H groups in total. The van der Waals surface area contributed by atoms with Crippen LogP contribution in [0.1, 0.15) is 40.2 Å². The van der Waals surface area contributed by atoms with Crippen molar-refractivity contribution in [3.05, 3.63) is 47.0 Å². The summed E-state index contributed by atoms with van der Waals surface area (Å²) in [7, 11) is 0. The minimum atomic E-state index is 0.0637. The lowest BCUT2D eigenvalue weighted by atomic mass is 10.0. The van der Waals surface area contributed by atoms with Gasteiger partial charge in [-0.1, -0.05) is 0 Å². The Balaban J connectivity index is 1.47. The molecule has 2 aromatic heterocycles. The second kappa shape index (κ2) is 6.12. The molecule has 0 bridgehead atoms. The van der Waals surface area contributed by atoms with Gasteiger partial charge in [0.15, 0.2) is 0 Å². The molecule has 0 radical (unpaired) electrons. The van der Waals surface area contributed by atoms with Gasteiger partial charge in [0.05, 0.1) is 17.9 Å². The van der Waals surface area contributed by atoms with E-state index in [1.807, 2.05) is 4.90 Å². The van der Waals surface area contributed by atoms with Crippen molar-refractivity contribution in [1.82, 2.24) is 25.0 Å². The first-order valence-corrected chi connectivity index (χ1v) is 8.28. The summed E-state index contributed by atoms with van der Waals surface area (Å²) in [6.45, 7) is 4.65. The van der Waals surface area contributed by atoms with Gasteiger partial charge in [-0.2, -0.15) is 5.10 Å². The lowest BCUT2D eigenvalue weighted by Crippen LogP contribution is -2.36. The van der Waals surface area contributed by atoms with Crippen molar-refractivity contribution in [2.45, 2.75) is 32.4 Å². The largest absolute Gasteiger partial charge is 0.332 e. The maximum absolute atomic E-state index is 12.6. The maximum Gasteiger partial charge on any atom is 0.254 e. The molecule has 1 amide bonds. The first kappa shape index (κ1) is 14.4. The number of aromatic nitrogens is 3. The first-order valence-electron chi connectivity index (χ1n) is 8.28. The van der Waals surface area contributed by atoms with Crippen molar-refractivity contribution in [1.29, 1.82) is 0 Å². The van der Waals surface area contributed by atoms with Gasteiger partial charge in [0.1, 0.15) is 0 Å². The van der Waals surface area contributed by atoms with Gasteiger partial charge in [0.2, 0.25) is 0 Å². The zero-order valence-electron chi connectivity index (χ0n) is 13.2. The summed E-state index contributed by atoms with van der Waals surface area (Å²) >= 11 is 0. The SMILES string of the molecule is O=C(c1ccncc1)N1CCc2c(CN3CCCC3)n[nH]c2C1. The maximum atomic E-state index is 12.6. The van der Waals surface area contributed by atoms with Crippen LogP contribution in [-0.4, -0.2) is 50.5 Å². The minimum absolute atomic E-state index is 0.0637. The second-order valence-electron chi connectivity index (χ2n) is 6.32. The van der Waals surface area contributed by atoms with Crippen molar-refractivity contribution in [3.63, 3.8) is 0 Å². The highest BCUT2D eigenvalue weighted by molar-refractivity contribution is 5.94. The second-order valence-corrected chi connectivity index (χ2v) is 6.32. The monoisotopic (exact) mass is 311 g/mol. The van der Waals surface area contributed by atoms with Crippen LogP contribution in [0.5, 0.6) is 0 Å².